The summed E-state index contributed by atoms with van der Waals surface area (Å²) >= 11 is 0. The summed E-state index contributed by atoms with van der Waals surface area (Å²) in [5, 5.41) is 6.84. The van der Waals surface area contributed by atoms with E-state index in [-0.39, 0.29) is 18.2 Å². The Morgan fingerprint density at radius 1 is 0.848 bits per heavy atom. The highest BCUT2D eigenvalue weighted by Gasteiger charge is 2.44. The van der Waals surface area contributed by atoms with Crippen LogP contribution in [-0.4, -0.2) is 27.5 Å². The summed E-state index contributed by atoms with van der Waals surface area (Å²) in [5.41, 5.74) is 9.79. The summed E-state index contributed by atoms with van der Waals surface area (Å²) in [4.78, 5) is 17.0. The summed E-state index contributed by atoms with van der Waals surface area (Å²) in [5.74, 6) is 2.71. The largest absolute Gasteiger partial charge is 0.464 e. The Morgan fingerprint density at radius 2 is 1.70 bits per heavy atom. The molecular weight excluding hydrogens is 568 g/mol. The monoisotopic (exact) mass is 600 g/mol. The van der Waals surface area contributed by atoms with E-state index in [1.54, 1.807) is 12.4 Å². The van der Waals surface area contributed by atoms with Crippen LogP contribution < -0.4 is 20.3 Å². The molecule has 0 fully saturated rings. The molecule has 3 atom stereocenters. The standard InChI is InChI=1S/C39H32N6O/c1-2-6-29(7-3-1)39-43-31-14-15-34-36(37(31)46-39)30-8-4-5-9-33(30)45(34)35-24-32(42-38(44-35)28-18-22-41-23-19-28)27-12-10-25(11-13-27)26-16-20-40-21-17-26/h1-4,6-8,10-20,22-24,30,33,39-40,43H,5,9,21H2. The second-order valence-electron chi connectivity index (χ2n) is 12.0. The van der Waals surface area contributed by atoms with Gasteiger partial charge in [-0.1, -0.05) is 72.8 Å². The minimum absolute atomic E-state index is 0.198. The average molecular weight is 601 g/mol. The van der Waals surface area contributed by atoms with Crippen molar-refractivity contribution < 1.29 is 4.74 Å². The van der Waals surface area contributed by atoms with Gasteiger partial charge < -0.3 is 20.3 Å². The third-order valence-electron chi connectivity index (χ3n) is 9.34. The minimum atomic E-state index is -0.217. The van der Waals surface area contributed by atoms with Gasteiger partial charge in [0, 0.05) is 59.2 Å². The molecule has 5 heterocycles. The van der Waals surface area contributed by atoms with Gasteiger partial charge in [0.05, 0.1) is 17.1 Å². The van der Waals surface area contributed by atoms with Crippen molar-refractivity contribution >= 4 is 22.8 Å². The molecule has 2 N–H and O–H groups in total. The predicted octanol–water partition coefficient (Wildman–Crippen LogP) is 8.16. The van der Waals surface area contributed by atoms with Gasteiger partial charge in [0.25, 0.3) is 0 Å². The number of hydrogen-bond acceptors (Lipinski definition) is 7. The number of allylic oxidation sites excluding steroid dienone is 3. The Labute approximate surface area is 268 Å². The molecule has 7 nitrogen and oxygen atoms in total. The number of dihydropyridines is 1. The van der Waals surface area contributed by atoms with Crippen molar-refractivity contribution in [1.82, 2.24) is 20.3 Å². The number of rotatable bonds is 5. The van der Waals surface area contributed by atoms with Crippen molar-refractivity contribution in [3.8, 4) is 28.4 Å². The van der Waals surface area contributed by atoms with E-state index in [1.165, 1.54) is 16.7 Å². The highest BCUT2D eigenvalue weighted by Crippen LogP contribution is 2.56. The highest BCUT2D eigenvalue weighted by atomic mass is 16.5. The van der Waals surface area contributed by atoms with E-state index in [0.29, 0.717) is 5.82 Å². The molecule has 3 unspecified atom stereocenters. The van der Waals surface area contributed by atoms with Gasteiger partial charge in [0.2, 0.25) is 0 Å². The average Bonchev–Trinajstić information content (AvgIpc) is 3.72. The lowest BCUT2D eigenvalue weighted by Gasteiger charge is -2.31. The lowest BCUT2D eigenvalue weighted by Crippen LogP contribution is -2.31. The van der Waals surface area contributed by atoms with Crippen LogP contribution in [0.5, 0.6) is 5.75 Å². The number of aromatic nitrogens is 3. The van der Waals surface area contributed by atoms with E-state index in [4.69, 9.17) is 14.7 Å². The zero-order chi connectivity index (χ0) is 30.5. The number of pyridine rings is 1. The van der Waals surface area contributed by atoms with Crippen molar-refractivity contribution in [3.05, 3.63) is 145 Å². The third-order valence-corrected chi connectivity index (χ3v) is 9.34. The zero-order valence-corrected chi connectivity index (χ0v) is 25.2. The van der Waals surface area contributed by atoms with E-state index in [2.05, 4.69) is 112 Å². The molecule has 0 amide bonds. The number of hydrogen-bond donors (Lipinski definition) is 2. The Bertz CT molecular complexity index is 2020. The molecular formula is C39H32N6O. The van der Waals surface area contributed by atoms with Gasteiger partial charge in [-0.3, -0.25) is 4.98 Å². The summed E-state index contributed by atoms with van der Waals surface area (Å²) in [7, 11) is 0. The molecule has 0 saturated carbocycles. The van der Waals surface area contributed by atoms with Crippen LogP contribution in [0.15, 0.2) is 128 Å². The van der Waals surface area contributed by atoms with Gasteiger partial charge in [-0.05, 0) is 60.5 Å². The number of nitrogens with zero attached hydrogens (tertiary/aromatic N) is 4. The summed E-state index contributed by atoms with van der Waals surface area (Å²) < 4.78 is 6.69. The van der Waals surface area contributed by atoms with E-state index < -0.39 is 0 Å². The lowest BCUT2D eigenvalue weighted by molar-refractivity contribution is 0.257. The number of nitrogens with one attached hydrogen (secondary N) is 2. The van der Waals surface area contributed by atoms with Crippen molar-refractivity contribution in [2.75, 3.05) is 16.8 Å². The molecule has 5 aromatic rings. The Balaban J connectivity index is 1.16. The number of benzene rings is 3. The predicted molar refractivity (Wildman–Crippen MR) is 183 cm³/mol. The lowest BCUT2D eigenvalue weighted by atomic mass is 9.87. The number of anilines is 3. The van der Waals surface area contributed by atoms with Crippen LogP contribution in [0, 0.1) is 0 Å². The van der Waals surface area contributed by atoms with Crippen LogP contribution in [0.25, 0.3) is 28.2 Å². The second-order valence-corrected chi connectivity index (χ2v) is 12.0. The topological polar surface area (TPSA) is 75.2 Å². The van der Waals surface area contributed by atoms with Crippen LogP contribution in [0.3, 0.4) is 0 Å². The fraction of sp³-hybridized carbons (Fsp3) is 0.154. The number of ether oxygens (including phenoxy) is 1. The summed E-state index contributed by atoms with van der Waals surface area (Å²) in [6.45, 7) is 0.837. The summed E-state index contributed by atoms with van der Waals surface area (Å²) in [6, 6.07) is 29.7. The molecule has 0 saturated heterocycles. The van der Waals surface area contributed by atoms with Gasteiger partial charge in [0.1, 0.15) is 5.82 Å². The first-order valence-corrected chi connectivity index (χ1v) is 15.9. The van der Waals surface area contributed by atoms with E-state index in [1.807, 2.05) is 24.4 Å². The van der Waals surface area contributed by atoms with Crippen LogP contribution >= 0.6 is 0 Å². The first-order valence-electron chi connectivity index (χ1n) is 15.9. The maximum absolute atomic E-state index is 6.69. The maximum atomic E-state index is 6.69. The fourth-order valence-corrected chi connectivity index (χ4v) is 7.13. The third kappa shape index (κ3) is 4.55. The summed E-state index contributed by atoms with van der Waals surface area (Å²) in [6.07, 6.45) is 16.4. The molecule has 2 aromatic heterocycles. The molecule has 9 rings (SSSR count). The van der Waals surface area contributed by atoms with Crippen molar-refractivity contribution in [3.63, 3.8) is 0 Å². The normalized spacial score (nSPS) is 20.6. The van der Waals surface area contributed by atoms with Crippen molar-refractivity contribution in [2.45, 2.75) is 31.0 Å². The SMILES string of the molecule is C1=CC2c3c(ccc4c3OC(c3ccccc3)N4)N(c3cc(-c4ccc(C5=CCNC=C5)cc4)nc(-c4ccncc4)n3)C2CC1. The minimum Gasteiger partial charge on any atom is -0.464 e. The second kappa shape index (κ2) is 11.0. The van der Waals surface area contributed by atoms with E-state index in [0.717, 1.165) is 64.7 Å². The first kappa shape index (κ1) is 26.7. The molecule has 3 aliphatic heterocycles. The van der Waals surface area contributed by atoms with Gasteiger partial charge in [-0.15, -0.1) is 0 Å². The molecule has 0 spiro atoms. The Morgan fingerprint density at radius 3 is 2.52 bits per heavy atom. The van der Waals surface area contributed by atoms with Crippen LogP contribution in [0.4, 0.5) is 17.2 Å². The molecule has 3 aromatic carbocycles. The number of fused-ring (bicyclic) bond motifs is 5. The Kier molecular flexibility index (Phi) is 6.40. The molecule has 0 bridgehead atoms. The maximum Gasteiger partial charge on any atom is 0.196 e. The molecule has 224 valence electrons. The van der Waals surface area contributed by atoms with Crippen molar-refractivity contribution in [1.29, 1.82) is 0 Å². The van der Waals surface area contributed by atoms with Gasteiger partial charge in [-0.25, -0.2) is 9.97 Å². The molecule has 4 aliphatic rings. The zero-order valence-electron chi connectivity index (χ0n) is 25.2. The van der Waals surface area contributed by atoms with Gasteiger partial charge in [-0.2, -0.15) is 0 Å². The van der Waals surface area contributed by atoms with Crippen molar-refractivity contribution in [2.24, 2.45) is 0 Å². The van der Waals surface area contributed by atoms with Crippen LogP contribution in [0.1, 0.15) is 41.7 Å². The van der Waals surface area contributed by atoms with Crippen LogP contribution in [-0.2, 0) is 0 Å². The fourth-order valence-electron chi connectivity index (χ4n) is 7.13. The van der Waals surface area contributed by atoms with E-state index >= 15 is 0 Å². The highest BCUT2D eigenvalue weighted by molar-refractivity contribution is 5.83. The van der Waals surface area contributed by atoms with Gasteiger partial charge >= 0.3 is 0 Å². The molecule has 0 radical (unpaired) electrons. The smallest absolute Gasteiger partial charge is 0.196 e. The molecule has 7 heteroatoms. The molecule has 1 aliphatic carbocycles. The Hall–Kier alpha value is -5.69. The van der Waals surface area contributed by atoms with E-state index in [9.17, 15) is 0 Å². The van der Waals surface area contributed by atoms with Gasteiger partial charge in [0.15, 0.2) is 17.8 Å². The molecule has 46 heavy (non-hydrogen) atoms. The first-order chi connectivity index (χ1) is 22.8. The van der Waals surface area contributed by atoms with Crippen LogP contribution in [0.2, 0.25) is 0 Å². The quantitative estimate of drug-likeness (QED) is 0.197.